The molecule has 0 amide bonds. The second-order valence-corrected chi connectivity index (χ2v) is 6.41. The first-order valence-corrected chi connectivity index (χ1v) is 8.81. The number of nitrogens with one attached hydrogen (secondary N) is 1. The first-order chi connectivity index (χ1) is 13.2. The van der Waals surface area contributed by atoms with Crippen LogP contribution < -0.4 is 5.46 Å². The largest absolute Gasteiger partial charge is 0.492 e. The zero-order valence-corrected chi connectivity index (χ0v) is 14.7. The molecule has 0 spiro atoms. The van der Waals surface area contributed by atoms with Crippen molar-refractivity contribution < 1.29 is 10.0 Å². The zero-order valence-electron chi connectivity index (χ0n) is 14.7. The van der Waals surface area contributed by atoms with E-state index in [2.05, 4.69) is 10.2 Å². The molecule has 0 atom stereocenters. The second-order valence-electron chi connectivity index (χ2n) is 6.41. The Kier molecular flexibility index (Phi) is 4.63. The number of H-pyrrole nitrogens is 1. The van der Waals surface area contributed by atoms with E-state index in [1.54, 1.807) is 6.20 Å². The summed E-state index contributed by atoms with van der Waals surface area (Å²) in [7, 11) is -1.63. The minimum absolute atomic E-state index is 0.353. The van der Waals surface area contributed by atoms with Gasteiger partial charge in [0.2, 0.25) is 0 Å². The highest BCUT2D eigenvalue weighted by atomic mass is 16.4. The lowest BCUT2D eigenvalue weighted by Gasteiger charge is -2.35. The predicted molar refractivity (Wildman–Crippen MR) is 107 cm³/mol. The molecule has 5 heteroatoms. The Bertz CT molecular complexity index is 906. The van der Waals surface area contributed by atoms with Crippen molar-refractivity contribution in [3.05, 3.63) is 120 Å². The van der Waals surface area contributed by atoms with Gasteiger partial charge in [-0.15, -0.1) is 0 Å². The first kappa shape index (κ1) is 17.3. The maximum absolute atomic E-state index is 9.99. The number of aromatic amines is 1. The van der Waals surface area contributed by atoms with Crippen molar-refractivity contribution in [3.63, 3.8) is 0 Å². The predicted octanol–water partition coefficient (Wildman–Crippen LogP) is 2.47. The Hall–Kier alpha value is -3.15. The molecule has 27 heavy (non-hydrogen) atoms. The molecule has 0 saturated heterocycles. The summed E-state index contributed by atoms with van der Waals surface area (Å²) in [5.41, 5.74) is 3.12. The van der Waals surface area contributed by atoms with Gasteiger partial charge < -0.3 is 10.0 Å². The fourth-order valence-electron chi connectivity index (χ4n) is 3.77. The van der Waals surface area contributed by atoms with Crippen LogP contribution in [0.1, 0.15) is 22.4 Å². The van der Waals surface area contributed by atoms with Crippen molar-refractivity contribution in [2.45, 2.75) is 5.41 Å². The number of hydrogen-bond acceptors (Lipinski definition) is 3. The van der Waals surface area contributed by atoms with E-state index in [9.17, 15) is 10.0 Å². The average molecular weight is 354 g/mol. The minimum atomic E-state index is -1.63. The van der Waals surface area contributed by atoms with Gasteiger partial charge in [0, 0.05) is 11.7 Å². The van der Waals surface area contributed by atoms with E-state index >= 15 is 0 Å². The SMILES string of the molecule is OB(O)c1c[nH]nc1C(c1ccccc1)(c1ccccc1)c1ccccc1. The Morgan fingerprint density at radius 1 is 0.667 bits per heavy atom. The quantitative estimate of drug-likeness (QED) is 0.381. The maximum atomic E-state index is 9.99. The summed E-state index contributed by atoms with van der Waals surface area (Å²) in [6.45, 7) is 0. The third-order valence-corrected chi connectivity index (χ3v) is 4.92. The fourth-order valence-corrected chi connectivity index (χ4v) is 3.77. The third kappa shape index (κ3) is 2.87. The van der Waals surface area contributed by atoms with Crippen LogP contribution >= 0.6 is 0 Å². The Balaban J connectivity index is 2.15. The molecule has 0 aliphatic carbocycles. The summed E-state index contributed by atoms with van der Waals surface area (Å²) in [6, 6.07) is 30.1. The highest BCUT2D eigenvalue weighted by Crippen LogP contribution is 2.43. The van der Waals surface area contributed by atoms with Gasteiger partial charge in [-0.2, -0.15) is 5.10 Å². The van der Waals surface area contributed by atoms with Crippen molar-refractivity contribution in [1.82, 2.24) is 10.2 Å². The molecule has 0 bridgehead atoms. The molecule has 0 unspecified atom stereocenters. The molecule has 0 fully saturated rings. The summed E-state index contributed by atoms with van der Waals surface area (Å²) in [6.07, 6.45) is 1.55. The van der Waals surface area contributed by atoms with Crippen molar-refractivity contribution in [1.29, 1.82) is 0 Å². The maximum Gasteiger partial charge on any atom is 0.492 e. The molecule has 3 N–H and O–H groups in total. The lowest BCUT2D eigenvalue weighted by Crippen LogP contribution is -2.41. The number of hydrogen-bond donors (Lipinski definition) is 3. The van der Waals surface area contributed by atoms with E-state index in [4.69, 9.17) is 0 Å². The summed E-state index contributed by atoms with van der Waals surface area (Å²) >= 11 is 0. The number of nitrogens with zero attached hydrogens (tertiary/aromatic N) is 1. The molecule has 0 saturated carbocycles. The van der Waals surface area contributed by atoms with Gasteiger partial charge in [-0.3, -0.25) is 5.10 Å². The Morgan fingerprint density at radius 3 is 1.44 bits per heavy atom. The van der Waals surface area contributed by atoms with Gasteiger partial charge >= 0.3 is 7.12 Å². The van der Waals surface area contributed by atoms with Gasteiger partial charge in [-0.25, -0.2) is 0 Å². The van der Waals surface area contributed by atoms with Gasteiger partial charge in [0.1, 0.15) is 0 Å². The van der Waals surface area contributed by atoms with E-state index in [-0.39, 0.29) is 0 Å². The Morgan fingerprint density at radius 2 is 1.07 bits per heavy atom. The molecule has 4 aromatic rings. The number of benzene rings is 3. The molecule has 0 aliphatic rings. The number of aromatic nitrogens is 2. The standard InChI is InChI=1S/C22H19BN2O2/c26-23(27)20-16-24-25-21(20)22(17-10-4-1-5-11-17,18-12-6-2-7-13-18)19-14-8-3-9-15-19/h1-16,26-27H,(H,24,25). The topological polar surface area (TPSA) is 69.1 Å². The normalized spacial score (nSPS) is 11.3. The van der Waals surface area contributed by atoms with E-state index < -0.39 is 12.5 Å². The molecule has 0 radical (unpaired) electrons. The smallest absolute Gasteiger partial charge is 0.423 e. The average Bonchev–Trinajstić information content (AvgIpc) is 3.22. The summed E-state index contributed by atoms with van der Waals surface area (Å²) in [4.78, 5) is 0. The van der Waals surface area contributed by atoms with E-state index in [0.29, 0.717) is 11.2 Å². The van der Waals surface area contributed by atoms with Crippen molar-refractivity contribution in [3.8, 4) is 0 Å². The van der Waals surface area contributed by atoms with Crippen LogP contribution in [-0.4, -0.2) is 27.4 Å². The first-order valence-electron chi connectivity index (χ1n) is 8.81. The molecule has 4 nitrogen and oxygen atoms in total. The van der Waals surface area contributed by atoms with Gasteiger partial charge in [-0.1, -0.05) is 91.0 Å². The fraction of sp³-hybridized carbons (Fsp3) is 0.0455. The molecular weight excluding hydrogens is 335 g/mol. The van der Waals surface area contributed by atoms with Crippen LogP contribution in [0.2, 0.25) is 0 Å². The van der Waals surface area contributed by atoms with Gasteiger partial charge in [0.05, 0.1) is 11.1 Å². The molecule has 4 rings (SSSR count). The Labute approximate surface area is 158 Å². The van der Waals surface area contributed by atoms with Gasteiger partial charge in [0.25, 0.3) is 0 Å². The van der Waals surface area contributed by atoms with Crippen LogP contribution in [-0.2, 0) is 5.41 Å². The summed E-state index contributed by atoms with van der Waals surface area (Å²) in [5.74, 6) is 0. The highest BCUT2D eigenvalue weighted by Gasteiger charge is 2.43. The van der Waals surface area contributed by atoms with Crippen molar-refractivity contribution in [2.75, 3.05) is 0 Å². The monoisotopic (exact) mass is 354 g/mol. The summed E-state index contributed by atoms with van der Waals surface area (Å²) < 4.78 is 0. The van der Waals surface area contributed by atoms with Crippen LogP contribution in [0.3, 0.4) is 0 Å². The summed E-state index contributed by atoms with van der Waals surface area (Å²) in [5, 5.41) is 27.3. The van der Waals surface area contributed by atoms with E-state index in [0.717, 1.165) is 16.7 Å². The third-order valence-electron chi connectivity index (χ3n) is 4.92. The van der Waals surface area contributed by atoms with Crippen molar-refractivity contribution in [2.24, 2.45) is 0 Å². The van der Waals surface area contributed by atoms with Crippen LogP contribution in [0.5, 0.6) is 0 Å². The number of rotatable bonds is 5. The molecule has 0 aliphatic heterocycles. The molecule has 132 valence electrons. The molecule has 1 heterocycles. The molecular formula is C22H19BN2O2. The van der Waals surface area contributed by atoms with Crippen LogP contribution in [0, 0.1) is 0 Å². The van der Waals surface area contributed by atoms with Gasteiger partial charge in [0.15, 0.2) is 0 Å². The van der Waals surface area contributed by atoms with Crippen LogP contribution in [0.25, 0.3) is 0 Å². The lowest BCUT2D eigenvalue weighted by atomic mass is 9.63. The lowest BCUT2D eigenvalue weighted by molar-refractivity contribution is 0.425. The van der Waals surface area contributed by atoms with Crippen LogP contribution in [0.15, 0.2) is 97.2 Å². The second kappa shape index (κ2) is 7.23. The van der Waals surface area contributed by atoms with Gasteiger partial charge in [-0.05, 0) is 16.7 Å². The van der Waals surface area contributed by atoms with E-state index in [1.807, 2.05) is 91.0 Å². The van der Waals surface area contributed by atoms with Crippen LogP contribution in [0.4, 0.5) is 0 Å². The zero-order chi connectivity index (χ0) is 18.7. The van der Waals surface area contributed by atoms with Crippen molar-refractivity contribution >= 4 is 12.6 Å². The molecule has 1 aromatic heterocycles. The minimum Gasteiger partial charge on any atom is -0.423 e. The van der Waals surface area contributed by atoms with E-state index in [1.165, 1.54) is 0 Å². The molecule has 3 aromatic carbocycles. The highest BCUT2D eigenvalue weighted by molar-refractivity contribution is 6.59.